The molecule has 0 fully saturated rings. The van der Waals surface area contributed by atoms with Gasteiger partial charge in [0.05, 0.1) is 0 Å². The normalized spacial score (nSPS) is 11.6. The predicted octanol–water partition coefficient (Wildman–Crippen LogP) is 9.94. The highest BCUT2D eigenvalue weighted by Crippen LogP contribution is 2.40. The van der Waals surface area contributed by atoms with Gasteiger partial charge in [0.25, 0.3) is 0 Å². The third-order valence-electron chi connectivity index (χ3n) is 7.31. The fourth-order valence-corrected chi connectivity index (χ4v) is 5.67. The van der Waals surface area contributed by atoms with E-state index in [9.17, 15) is 0 Å². The molecule has 0 heteroatoms. The standard InChI is InChI=1S/C35H24/c1-23-17-19-27(34(21-23)28-16-8-10-24-9-2-3-11-26(24)28)25-18-20-33-31-14-5-4-12-29(31)30-13-6-7-15-32(30)35(33)22-25/h2-22H,1H3. The third kappa shape index (κ3) is 3.15. The van der Waals surface area contributed by atoms with Crippen molar-refractivity contribution >= 4 is 43.1 Å². The van der Waals surface area contributed by atoms with Crippen LogP contribution in [-0.2, 0) is 0 Å². The maximum atomic E-state index is 2.39. The van der Waals surface area contributed by atoms with E-state index >= 15 is 0 Å². The summed E-state index contributed by atoms with van der Waals surface area (Å²) in [7, 11) is 0. The molecule has 0 bridgehead atoms. The van der Waals surface area contributed by atoms with Crippen LogP contribution in [0.1, 0.15) is 5.56 Å². The summed E-state index contributed by atoms with van der Waals surface area (Å²) in [5.74, 6) is 0. The quantitative estimate of drug-likeness (QED) is 0.233. The Kier molecular flexibility index (Phi) is 4.47. The molecule has 0 radical (unpaired) electrons. The van der Waals surface area contributed by atoms with Crippen molar-refractivity contribution in [1.82, 2.24) is 0 Å². The van der Waals surface area contributed by atoms with Crippen molar-refractivity contribution in [2.45, 2.75) is 6.92 Å². The second-order valence-electron chi connectivity index (χ2n) is 9.43. The first-order chi connectivity index (χ1) is 17.3. The number of hydrogen-bond acceptors (Lipinski definition) is 0. The van der Waals surface area contributed by atoms with Gasteiger partial charge in [-0.3, -0.25) is 0 Å². The zero-order valence-corrected chi connectivity index (χ0v) is 19.6. The molecule has 0 spiro atoms. The lowest BCUT2D eigenvalue weighted by atomic mass is 9.88. The molecule has 7 rings (SSSR count). The lowest BCUT2D eigenvalue weighted by Gasteiger charge is -2.16. The smallest absolute Gasteiger partial charge is 0.00928 e. The third-order valence-corrected chi connectivity index (χ3v) is 7.31. The number of benzene rings is 7. The largest absolute Gasteiger partial charge is 0.0616 e. The molecule has 0 nitrogen and oxygen atoms in total. The molecule has 0 aromatic heterocycles. The van der Waals surface area contributed by atoms with Crippen molar-refractivity contribution in [1.29, 1.82) is 0 Å². The Balaban J connectivity index is 1.55. The average Bonchev–Trinajstić information content (AvgIpc) is 2.92. The summed E-state index contributed by atoms with van der Waals surface area (Å²) in [4.78, 5) is 0. The fourth-order valence-electron chi connectivity index (χ4n) is 5.67. The molecule has 0 aliphatic heterocycles. The molecule has 0 amide bonds. The Hall–Kier alpha value is -4.42. The fraction of sp³-hybridized carbons (Fsp3) is 0.0286. The van der Waals surface area contributed by atoms with Gasteiger partial charge in [0.15, 0.2) is 0 Å². The Bertz CT molecular complexity index is 1870. The van der Waals surface area contributed by atoms with Crippen LogP contribution in [0.5, 0.6) is 0 Å². The van der Waals surface area contributed by atoms with Crippen LogP contribution in [0.15, 0.2) is 127 Å². The number of rotatable bonds is 2. The van der Waals surface area contributed by atoms with Crippen LogP contribution >= 0.6 is 0 Å². The van der Waals surface area contributed by atoms with E-state index in [1.54, 1.807) is 0 Å². The van der Waals surface area contributed by atoms with Crippen molar-refractivity contribution in [2.75, 3.05) is 0 Å². The predicted molar refractivity (Wildman–Crippen MR) is 152 cm³/mol. The van der Waals surface area contributed by atoms with E-state index in [0.29, 0.717) is 0 Å². The molecule has 0 N–H and O–H groups in total. The highest BCUT2D eigenvalue weighted by molar-refractivity contribution is 6.25. The van der Waals surface area contributed by atoms with Gasteiger partial charge in [0.1, 0.15) is 0 Å². The molecule has 0 aliphatic carbocycles. The van der Waals surface area contributed by atoms with Gasteiger partial charge < -0.3 is 0 Å². The first-order valence-corrected chi connectivity index (χ1v) is 12.2. The molecule has 35 heavy (non-hydrogen) atoms. The van der Waals surface area contributed by atoms with Crippen molar-refractivity contribution in [3.05, 3.63) is 133 Å². The average molecular weight is 445 g/mol. The molecule has 7 aromatic carbocycles. The lowest BCUT2D eigenvalue weighted by Crippen LogP contribution is -1.90. The van der Waals surface area contributed by atoms with Crippen LogP contribution in [0, 0.1) is 6.92 Å². The van der Waals surface area contributed by atoms with Gasteiger partial charge in [-0.2, -0.15) is 0 Å². The zero-order chi connectivity index (χ0) is 23.4. The van der Waals surface area contributed by atoms with Gasteiger partial charge in [-0.1, -0.05) is 127 Å². The monoisotopic (exact) mass is 444 g/mol. The van der Waals surface area contributed by atoms with Crippen LogP contribution in [0.4, 0.5) is 0 Å². The molecule has 0 atom stereocenters. The summed E-state index contributed by atoms with van der Waals surface area (Å²) in [6, 6.07) is 46.7. The van der Waals surface area contributed by atoms with Gasteiger partial charge in [-0.15, -0.1) is 0 Å². The summed E-state index contributed by atoms with van der Waals surface area (Å²) < 4.78 is 0. The van der Waals surface area contributed by atoms with Crippen LogP contribution < -0.4 is 0 Å². The van der Waals surface area contributed by atoms with Crippen LogP contribution in [-0.4, -0.2) is 0 Å². The van der Waals surface area contributed by atoms with Gasteiger partial charge >= 0.3 is 0 Å². The van der Waals surface area contributed by atoms with E-state index in [4.69, 9.17) is 0 Å². The topological polar surface area (TPSA) is 0 Å². The zero-order valence-electron chi connectivity index (χ0n) is 19.6. The summed E-state index contributed by atoms with van der Waals surface area (Å²) >= 11 is 0. The SMILES string of the molecule is Cc1ccc(-c2ccc3c4ccccc4c4ccccc4c3c2)c(-c2cccc3ccccc23)c1. The Morgan fingerprint density at radius 2 is 0.914 bits per heavy atom. The first kappa shape index (κ1) is 20.0. The van der Waals surface area contributed by atoms with Crippen LogP contribution in [0.25, 0.3) is 65.3 Å². The van der Waals surface area contributed by atoms with E-state index in [1.807, 2.05) is 0 Å². The van der Waals surface area contributed by atoms with Gasteiger partial charge in [-0.25, -0.2) is 0 Å². The Morgan fingerprint density at radius 1 is 0.343 bits per heavy atom. The maximum Gasteiger partial charge on any atom is -0.00928 e. The van der Waals surface area contributed by atoms with E-state index in [2.05, 4.69) is 134 Å². The minimum absolute atomic E-state index is 1.25. The second-order valence-corrected chi connectivity index (χ2v) is 9.43. The maximum absolute atomic E-state index is 2.39. The summed E-state index contributed by atoms with van der Waals surface area (Å²) in [5.41, 5.74) is 6.36. The molecular formula is C35H24. The van der Waals surface area contributed by atoms with Crippen molar-refractivity contribution in [2.24, 2.45) is 0 Å². The molecule has 0 aliphatic rings. The number of hydrogen-bond donors (Lipinski definition) is 0. The van der Waals surface area contributed by atoms with E-state index in [0.717, 1.165) is 0 Å². The Morgan fingerprint density at radius 3 is 1.63 bits per heavy atom. The lowest BCUT2D eigenvalue weighted by molar-refractivity contribution is 1.47. The molecular weight excluding hydrogens is 420 g/mol. The van der Waals surface area contributed by atoms with Crippen molar-refractivity contribution < 1.29 is 0 Å². The number of aryl methyl sites for hydroxylation is 1. The molecule has 0 heterocycles. The van der Waals surface area contributed by atoms with Crippen LogP contribution in [0.2, 0.25) is 0 Å². The van der Waals surface area contributed by atoms with Crippen LogP contribution in [0.3, 0.4) is 0 Å². The summed E-state index contributed by atoms with van der Waals surface area (Å²) in [6.07, 6.45) is 0. The second kappa shape index (κ2) is 7.82. The summed E-state index contributed by atoms with van der Waals surface area (Å²) in [6.45, 7) is 2.18. The molecule has 0 saturated heterocycles. The molecule has 164 valence electrons. The highest BCUT2D eigenvalue weighted by atomic mass is 14.2. The summed E-state index contributed by atoms with van der Waals surface area (Å²) in [5, 5.41) is 10.4. The van der Waals surface area contributed by atoms with Crippen molar-refractivity contribution in [3.8, 4) is 22.3 Å². The van der Waals surface area contributed by atoms with E-state index in [-0.39, 0.29) is 0 Å². The molecule has 0 unspecified atom stereocenters. The number of fused-ring (bicyclic) bond motifs is 7. The van der Waals surface area contributed by atoms with E-state index in [1.165, 1.54) is 70.9 Å². The Labute approximate surface area is 205 Å². The van der Waals surface area contributed by atoms with Gasteiger partial charge in [0, 0.05) is 0 Å². The molecule has 0 saturated carbocycles. The van der Waals surface area contributed by atoms with Gasteiger partial charge in [-0.05, 0) is 78.3 Å². The minimum atomic E-state index is 1.25. The minimum Gasteiger partial charge on any atom is -0.0616 e. The van der Waals surface area contributed by atoms with E-state index < -0.39 is 0 Å². The van der Waals surface area contributed by atoms with Gasteiger partial charge in [0.2, 0.25) is 0 Å². The highest BCUT2D eigenvalue weighted by Gasteiger charge is 2.13. The molecule has 7 aromatic rings. The van der Waals surface area contributed by atoms with Crippen molar-refractivity contribution in [3.63, 3.8) is 0 Å². The first-order valence-electron chi connectivity index (χ1n) is 12.2.